The SMILES string of the molecule is CCC(C)C(=O)Nc1cccc(CNC(=O)C(C)Oc2ccc(Br)cc2)c1. The monoisotopic (exact) mass is 432 g/mol. The molecule has 0 saturated heterocycles. The Bertz CT molecular complexity index is 777. The van der Waals surface area contributed by atoms with Crippen LogP contribution in [-0.4, -0.2) is 17.9 Å². The second-order valence-corrected chi connectivity index (χ2v) is 7.35. The van der Waals surface area contributed by atoms with Crippen LogP contribution in [0.5, 0.6) is 5.75 Å². The Labute approximate surface area is 168 Å². The first-order valence-electron chi connectivity index (χ1n) is 8.98. The maximum absolute atomic E-state index is 12.3. The van der Waals surface area contributed by atoms with E-state index in [1.54, 1.807) is 19.1 Å². The van der Waals surface area contributed by atoms with Crippen LogP contribution in [0.25, 0.3) is 0 Å². The summed E-state index contributed by atoms with van der Waals surface area (Å²) < 4.78 is 6.60. The number of ether oxygens (including phenoxy) is 1. The minimum Gasteiger partial charge on any atom is -0.481 e. The lowest BCUT2D eigenvalue weighted by Gasteiger charge is -2.15. The number of hydrogen-bond acceptors (Lipinski definition) is 3. The average molecular weight is 433 g/mol. The van der Waals surface area contributed by atoms with Crippen molar-refractivity contribution in [3.05, 3.63) is 58.6 Å². The second-order valence-electron chi connectivity index (χ2n) is 6.43. The van der Waals surface area contributed by atoms with Crippen molar-refractivity contribution in [2.75, 3.05) is 5.32 Å². The van der Waals surface area contributed by atoms with Crippen LogP contribution >= 0.6 is 15.9 Å². The fraction of sp³-hybridized carbons (Fsp3) is 0.333. The largest absolute Gasteiger partial charge is 0.481 e. The van der Waals surface area contributed by atoms with Crippen LogP contribution in [0.1, 0.15) is 32.8 Å². The normalized spacial score (nSPS) is 12.7. The summed E-state index contributed by atoms with van der Waals surface area (Å²) >= 11 is 3.36. The van der Waals surface area contributed by atoms with Crippen molar-refractivity contribution in [1.82, 2.24) is 5.32 Å². The molecule has 0 fully saturated rings. The molecule has 2 aromatic carbocycles. The highest BCUT2D eigenvalue weighted by molar-refractivity contribution is 9.10. The Morgan fingerprint density at radius 2 is 1.78 bits per heavy atom. The van der Waals surface area contributed by atoms with E-state index in [2.05, 4.69) is 26.6 Å². The van der Waals surface area contributed by atoms with E-state index >= 15 is 0 Å². The van der Waals surface area contributed by atoms with E-state index in [1.165, 1.54) is 0 Å². The van der Waals surface area contributed by atoms with Gasteiger partial charge in [0.05, 0.1) is 0 Å². The maximum atomic E-state index is 12.3. The van der Waals surface area contributed by atoms with Gasteiger partial charge in [0.2, 0.25) is 5.91 Å². The molecule has 5 nitrogen and oxygen atoms in total. The predicted octanol–water partition coefficient (Wildman–Crippen LogP) is 4.52. The topological polar surface area (TPSA) is 67.4 Å². The third-order valence-electron chi connectivity index (χ3n) is 4.22. The summed E-state index contributed by atoms with van der Waals surface area (Å²) in [6.45, 7) is 5.94. The van der Waals surface area contributed by atoms with Gasteiger partial charge >= 0.3 is 0 Å². The minimum absolute atomic E-state index is 0.00444. The van der Waals surface area contributed by atoms with Crippen LogP contribution in [0, 0.1) is 5.92 Å². The summed E-state index contributed by atoms with van der Waals surface area (Å²) in [7, 11) is 0. The minimum atomic E-state index is -0.612. The molecule has 2 atom stereocenters. The van der Waals surface area contributed by atoms with Gasteiger partial charge in [-0.25, -0.2) is 0 Å². The van der Waals surface area contributed by atoms with Gasteiger partial charge in [-0.2, -0.15) is 0 Å². The van der Waals surface area contributed by atoms with E-state index in [0.717, 1.165) is 22.1 Å². The van der Waals surface area contributed by atoms with Gasteiger partial charge in [-0.05, 0) is 55.3 Å². The molecule has 0 spiro atoms. The molecule has 2 rings (SSSR count). The van der Waals surface area contributed by atoms with Crippen LogP contribution in [-0.2, 0) is 16.1 Å². The predicted molar refractivity (Wildman–Crippen MR) is 111 cm³/mol. The van der Waals surface area contributed by atoms with Crippen LogP contribution in [0.4, 0.5) is 5.69 Å². The Balaban J connectivity index is 1.88. The fourth-order valence-corrected chi connectivity index (χ4v) is 2.58. The van der Waals surface area contributed by atoms with E-state index in [1.807, 2.05) is 50.2 Å². The van der Waals surface area contributed by atoms with Crippen LogP contribution in [0.2, 0.25) is 0 Å². The molecule has 2 unspecified atom stereocenters. The van der Waals surface area contributed by atoms with Crippen molar-refractivity contribution < 1.29 is 14.3 Å². The van der Waals surface area contributed by atoms with E-state index in [0.29, 0.717) is 12.3 Å². The Kier molecular flexibility index (Phi) is 7.85. The smallest absolute Gasteiger partial charge is 0.261 e. The molecule has 2 aromatic rings. The number of rotatable bonds is 8. The number of anilines is 1. The standard InChI is InChI=1S/C21H25BrN2O3/c1-4-14(2)20(25)24-18-7-5-6-16(12-18)13-23-21(26)15(3)27-19-10-8-17(22)9-11-19/h5-12,14-15H,4,13H2,1-3H3,(H,23,26)(H,24,25). The quantitative estimate of drug-likeness (QED) is 0.644. The van der Waals surface area contributed by atoms with Crippen LogP contribution in [0.3, 0.4) is 0 Å². The van der Waals surface area contributed by atoms with Gasteiger partial charge in [0.1, 0.15) is 5.75 Å². The van der Waals surface area contributed by atoms with Gasteiger partial charge in [-0.1, -0.05) is 41.9 Å². The number of carbonyl (C=O) groups excluding carboxylic acids is 2. The van der Waals surface area contributed by atoms with E-state index in [4.69, 9.17) is 4.74 Å². The Morgan fingerprint density at radius 3 is 2.44 bits per heavy atom. The zero-order chi connectivity index (χ0) is 19.8. The van der Waals surface area contributed by atoms with Gasteiger partial charge in [0.15, 0.2) is 6.10 Å². The van der Waals surface area contributed by atoms with E-state index in [-0.39, 0.29) is 17.7 Å². The molecular weight excluding hydrogens is 408 g/mol. The molecule has 2 N–H and O–H groups in total. The zero-order valence-corrected chi connectivity index (χ0v) is 17.4. The molecule has 0 aromatic heterocycles. The first kappa shape index (κ1) is 21.0. The van der Waals surface area contributed by atoms with Crippen molar-refractivity contribution in [3.8, 4) is 5.75 Å². The van der Waals surface area contributed by atoms with Gasteiger partial charge in [-0.3, -0.25) is 9.59 Å². The van der Waals surface area contributed by atoms with Gasteiger partial charge in [0, 0.05) is 22.6 Å². The molecule has 6 heteroatoms. The number of nitrogens with one attached hydrogen (secondary N) is 2. The fourth-order valence-electron chi connectivity index (χ4n) is 2.31. The van der Waals surface area contributed by atoms with Crippen molar-refractivity contribution >= 4 is 33.4 Å². The highest BCUT2D eigenvalue weighted by atomic mass is 79.9. The van der Waals surface area contributed by atoms with Crippen LogP contribution in [0.15, 0.2) is 53.0 Å². The Morgan fingerprint density at radius 1 is 1.07 bits per heavy atom. The lowest BCUT2D eigenvalue weighted by molar-refractivity contribution is -0.127. The maximum Gasteiger partial charge on any atom is 0.261 e. The summed E-state index contributed by atoms with van der Waals surface area (Å²) in [5.74, 6) is 0.391. The Hall–Kier alpha value is -2.34. The van der Waals surface area contributed by atoms with Crippen molar-refractivity contribution in [1.29, 1.82) is 0 Å². The molecule has 144 valence electrons. The first-order chi connectivity index (χ1) is 12.9. The zero-order valence-electron chi connectivity index (χ0n) is 15.8. The molecule has 0 radical (unpaired) electrons. The van der Waals surface area contributed by atoms with Crippen molar-refractivity contribution in [2.24, 2.45) is 5.92 Å². The third-order valence-corrected chi connectivity index (χ3v) is 4.75. The first-order valence-corrected chi connectivity index (χ1v) is 9.78. The number of carbonyl (C=O) groups is 2. The number of benzene rings is 2. The number of hydrogen-bond donors (Lipinski definition) is 2. The number of halogens is 1. The summed E-state index contributed by atoms with van der Waals surface area (Å²) in [5.41, 5.74) is 1.63. The summed E-state index contributed by atoms with van der Waals surface area (Å²) in [4.78, 5) is 24.3. The molecular formula is C21H25BrN2O3. The van der Waals surface area contributed by atoms with Crippen LogP contribution < -0.4 is 15.4 Å². The summed E-state index contributed by atoms with van der Waals surface area (Å²) in [6.07, 6.45) is 0.178. The molecule has 0 saturated carbocycles. The lowest BCUT2D eigenvalue weighted by Crippen LogP contribution is -2.35. The molecule has 27 heavy (non-hydrogen) atoms. The molecule has 2 amide bonds. The second kappa shape index (κ2) is 10.1. The molecule has 0 aliphatic carbocycles. The lowest BCUT2D eigenvalue weighted by atomic mass is 10.1. The average Bonchev–Trinajstić information content (AvgIpc) is 2.67. The molecule has 0 aliphatic rings. The summed E-state index contributed by atoms with van der Waals surface area (Å²) in [6, 6.07) is 14.8. The highest BCUT2D eigenvalue weighted by Gasteiger charge is 2.15. The van der Waals surface area contributed by atoms with Gasteiger partial charge in [-0.15, -0.1) is 0 Å². The highest BCUT2D eigenvalue weighted by Crippen LogP contribution is 2.17. The molecule has 0 bridgehead atoms. The molecule has 0 aliphatic heterocycles. The van der Waals surface area contributed by atoms with Crippen molar-refractivity contribution in [3.63, 3.8) is 0 Å². The van der Waals surface area contributed by atoms with Gasteiger partial charge in [0.25, 0.3) is 5.91 Å². The summed E-state index contributed by atoms with van der Waals surface area (Å²) in [5, 5.41) is 5.76. The van der Waals surface area contributed by atoms with E-state index < -0.39 is 6.10 Å². The number of amides is 2. The van der Waals surface area contributed by atoms with Gasteiger partial charge < -0.3 is 15.4 Å². The van der Waals surface area contributed by atoms with E-state index in [9.17, 15) is 9.59 Å². The third kappa shape index (κ3) is 6.71. The van der Waals surface area contributed by atoms with Crippen molar-refractivity contribution in [2.45, 2.75) is 39.8 Å². The molecule has 0 heterocycles.